The zero-order chi connectivity index (χ0) is 25.2. The molecule has 2 N–H and O–H groups in total. The molecule has 0 bridgehead atoms. The van der Waals surface area contributed by atoms with Crippen molar-refractivity contribution < 1.29 is 9.59 Å². The number of hydrogen-bond donors (Lipinski definition) is 1. The zero-order valence-corrected chi connectivity index (χ0v) is 21.2. The number of anilines is 1. The lowest BCUT2D eigenvalue weighted by Gasteiger charge is -2.45. The first-order valence-corrected chi connectivity index (χ1v) is 13.1. The molecule has 7 nitrogen and oxygen atoms in total. The minimum absolute atomic E-state index is 0.0142. The number of para-hydroxylation sites is 1. The summed E-state index contributed by atoms with van der Waals surface area (Å²) in [6.45, 7) is 8.08. The summed E-state index contributed by atoms with van der Waals surface area (Å²) in [7, 11) is 0. The number of amides is 2. The highest BCUT2D eigenvalue weighted by Gasteiger charge is 2.47. The number of likely N-dealkylation sites (tertiary alicyclic amines) is 1. The van der Waals surface area contributed by atoms with E-state index < -0.39 is 0 Å². The molecule has 188 valence electrons. The fourth-order valence-corrected chi connectivity index (χ4v) is 5.62. The lowest BCUT2D eigenvalue weighted by Crippen LogP contribution is -2.55. The second kappa shape index (κ2) is 10.2. The number of benzene rings is 2. The highest BCUT2D eigenvalue weighted by atomic mass is 16.2. The lowest BCUT2D eigenvalue weighted by molar-refractivity contribution is -0.127. The molecule has 0 aliphatic carbocycles. The van der Waals surface area contributed by atoms with E-state index in [1.54, 1.807) is 0 Å². The Hall–Kier alpha value is -3.61. The first kappa shape index (κ1) is 24.1. The van der Waals surface area contributed by atoms with Gasteiger partial charge in [-0.15, -0.1) is 0 Å². The number of amidine groups is 1. The number of rotatable bonds is 7. The minimum Gasteiger partial charge on any atom is -0.387 e. The van der Waals surface area contributed by atoms with Crippen LogP contribution >= 0.6 is 0 Å². The zero-order valence-electron chi connectivity index (χ0n) is 21.2. The molecule has 2 unspecified atom stereocenters. The van der Waals surface area contributed by atoms with Gasteiger partial charge in [0.2, 0.25) is 5.91 Å². The smallest absolute Gasteiger partial charge is 0.254 e. The van der Waals surface area contributed by atoms with Crippen molar-refractivity contribution in [3.63, 3.8) is 0 Å². The SMILES string of the molecule is CCCN(CCC)C(=O)C1=Cc2ccc(C(=O)N3CC4CN(c5ccccc5)C4C3)cc2N=C(N)C1. The molecule has 3 aliphatic heterocycles. The van der Waals surface area contributed by atoms with Crippen LogP contribution < -0.4 is 10.6 Å². The molecule has 36 heavy (non-hydrogen) atoms. The van der Waals surface area contributed by atoms with E-state index in [9.17, 15) is 9.59 Å². The van der Waals surface area contributed by atoms with Crippen molar-refractivity contribution >= 4 is 35.1 Å². The van der Waals surface area contributed by atoms with E-state index >= 15 is 0 Å². The second-order valence-corrected chi connectivity index (χ2v) is 10.0. The number of nitrogens with two attached hydrogens (primary N) is 1. The molecule has 2 aromatic carbocycles. The van der Waals surface area contributed by atoms with Gasteiger partial charge in [0.25, 0.3) is 5.91 Å². The predicted molar refractivity (Wildman–Crippen MR) is 144 cm³/mol. The third kappa shape index (κ3) is 4.62. The van der Waals surface area contributed by atoms with Gasteiger partial charge in [0, 0.05) is 67.4 Å². The molecule has 0 spiro atoms. The summed E-state index contributed by atoms with van der Waals surface area (Å²) in [6.07, 6.45) is 4.02. The maximum Gasteiger partial charge on any atom is 0.254 e. The van der Waals surface area contributed by atoms with Crippen molar-refractivity contribution in [2.24, 2.45) is 16.6 Å². The Kier molecular flexibility index (Phi) is 6.81. The molecule has 3 heterocycles. The van der Waals surface area contributed by atoms with E-state index in [0.717, 1.165) is 51.1 Å². The Morgan fingerprint density at radius 3 is 2.50 bits per heavy atom. The van der Waals surface area contributed by atoms with E-state index in [0.29, 0.717) is 41.0 Å². The Morgan fingerprint density at radius 1 is 1.03 bits per heavy atom. The number of carbonyl (C=O) groups is 2. The standard InChI is InChI=1S/C29H35N5O2/c1-3-12-32(13-4-2)29(36)22-14-20-10-11-21(15-25(20)31-27(30)16-22)28(35)33-17-23-18-34(26(23)19-33)24-8-6-5-7-9-24/h5-11,14-15,23,26H,3-4,12-13,16-19H2,1-2H3,(H2,30,31). The summed E-state index contributed by atoms with van der Waals surface area (Å²) in [5.41, 5.74) is 10.2. The van der Waals surface area contributed by atoms with Crippen molar-refractivity contribution in [1.82, 2.24) is 9.80 Å². The number of hydrogen-bond acceptors (Lipinski definition) is 5. The average Bonchev–Trinajstić information content (AvgIpc) is 3.09. The Morgan fingerprint density at radius 2 is 1.78 bits per heavy atom. The van der Waals surface area contributed by atoms with Crippen molar-refractivity contribution in [2.75, 3.05) is 37.6 Å². The van der Waals surface area contributed by atoms with Gasteiger partial charge >= 0.3 is 0 Å². The normalized spacial score (nSPS) is 20.5. The van der Waals surface area contributed by atoms with Crippen LogP contribution in [0.3, 0.4) is 0 Å². The van der Waals surface area contributed by atoms with Crippen molar-refractivity contribution in [3.05, 3.63) is 65.2 Å². The molecule has 2 fully saturated rings. The first-order chi connectivity index (χ1) is 17.5. The third-order valence-electron chi connectivity index (χ3n) is 7.40. The van der Waals surface area contributed by atoms with E-state index in [1.165, 1.54) is 5.69 Å². The molecule has 2 saturated heterocycles. The van der Waals surface area contributed by atoms with Crippen LogP contribution in [0.1, 0.15) is 49.0 Å². The van der Waals surface area contributed by atoms with E-state index in [2.05, 4.69) is 48.0 Å². The minimum atomic E-state index is 0.0142. The molecule has 2 amide bonds. The Balaban J connectivity index is 1.33. The molecule has 3 aliphatic rings. The van der Waals surface area contributed by atoms with E-state index in [1.807, 2.05) is 40.1 Å². The number of carbonyl (C=O) groups excluding carboxylic acids is 2. The van der Waals surface area contributed by atoms with Gasteiger partial charge in [-0.3, -0.25) is 9.59 Å². The quantitative estimate of drug-likeness (QED) is 0.641. The maximum absolute atomic E-state index is 13.4. The Labute approximate surface area is 213 Å². The van der Waals surface area contributed by atoms with Crippen LogP contribution in [0, 0.1) is 5.92 Å². The molecule has 0 saturated carbocycles. The number of aliphatic imine (C=N–C) groups is 1. The summed E-state index contributed by atoms with van der Waals surface area (Å²) >= 11 is 0. The number of nitrogens with zero attached hydrogens (tertiary/aromatic N) is 4. The van der Waals surface area contributed by atoms with Gasteiger partial charge in [-0.2, -0.15) is 0 Å². The third-order valence-corrected chi connectivity index (χ3v) is 7.40. The molecule has 0 aromatic heterocycles. The predicted octanol–water partition coefficient (Wildman–Crippen LogP) is 4.07. The van der Waals surface area contributed by atoms with Crippen molar-refractivity contribution in [2.45, 2.75) is 39.2 Å². The second-order valence-electron chi connectivity index (χ2n) is 10.0. The first-order valence-electron chi connectivity index (χ1n) is 13.1. The van der Waals surface area contributed by atoms with Gasteiger partial charge in [-0.05, 0) is 43.2 Å². The summed E-state index contributed by atoms with van der Waals surface area (Å²) in [5.74, 6) is 0.939. The van der Waals surface area contributed by atoms with Gasteiger partial charge in [-0.25, -0.2) is 4.99 Å². The molecular formula is C29H35N5O2. The molecule has 7 heteroatoms. The summed E-state index contributed by atoms with van der Waals surface area (Å²) in [4.78, 5) is 37.5. The van der Waals surface area contributed by atoms with Crippen LogP contribution in [-0.4, -0.2) is 66.2 Å². The topological polar surface area (TPSA) is 82.2 Å². The van der Waals surface area contributed by atoms with Crippen LogP contribution in [0.25, 0.3) is 6.08 Å². The van der Waals surface area contributed by atoms with Crippen LogP contribution in [0.5, 0.6) is 0 Å². The largest absolute Gasteiger partial charge is 0.387 e. The van der Waals surface area contributed by atoms with Gasteiger partial charge in [0.05, 0.1) is 11.7 Å². The van der Waals surface area contributed by atoms with Crippen LogP contribution in [0.2, 0.25) is 0 Å². The molecule has 2 aromatic rings. The van der Waals surface area contributed by atoms with Crippen LogP contribution in [-0.2, 0) is 4.79 Å². The fraction of sp³-hybridized carbons (Fsp3) is 0.414. The lowest BCUT2D eigenvalue weighted by atomic mass is 9.91. The highest BCUT2D eigenvalue weighted by molar-refractivity contribution is 6.06. The van der Waals surface area contributed by atoms with E-state index in [4.69, 9.17) is 5.73 Å². The number of fused-ring (bicyclic) bond motifs is 2. The van der Waals surface area contributed by atoms with Gasteiger partial charge in [-0.1, -0.05) is 38.1 Å². The average molecular weight is 486 g/mol. The molecule has 2 atom stereocenters. The molecule has 0 radical (unpaired) electrons. The molecular weight excluding hydrogens is 450 g/mol. The monoisotopic (exact) mass is 485 g/mol. The summed E-state index contributed by atoms with van der Waals surface area (Å²) in [6, 6.07) is 16.3. The molecule has 5 rings (SSSR count). The van der Waals surface area contributed by atoms with Crippen LogP contribution in [0.15, 0.2) is 59.1 Å². The van der Waals surface area contributed by atoms with Crippen molar-refractivity contribution in [1.29, 1.82) is 0 Å². The fourth-order valence-electron chi connectivity index (χ4n) is 5.62. The highest BCUT2D eigenvalue weighted by Crippen LogP contribution is 2.37. The van der Waals surface area contributed by atoms with Crippen molar-refractivity contribution in [3.8, 4) is 0 Å². The van der Waals surface area contributed by atoms with Crippen LogP contribution in [0.4, 0.5) is 11.4 Å². The summed E-state index contributed by atoms with van der Waals surface area (Å²) < 4.78 is 0. The maximum atomic E-state index is 13.4. The van der Waals surface area contributed by atoms with Gasteiger partial charge in [0.15, 0.2) is 0 Å². The van der Waals surface area contributed by atoms with Gasteiger partial charge in [0.1, 0.15) is 5.84 Å². The van der Waals surface area contributed by atoms with Gasteiger partial charge < -0.3 is 20.4 Å². The summed E-state index contributed by atoms with van der Waals surface area (Å²) in [5, 5.41) is 0. The van der Waals surface area contributed by atoms with E-state index in [-0.39, 0.29) is 11.8 Å². The Bertz CT molecular complexity index is 1200.